The van der Waals surface area contributed by atoms with E-state index in [4.69, 9.17) is 29.9 Å². The molecule has 5 heterocycles. The normalized spacial score (nSPS) is 11.7. The molecule has 0 radical (unpaired) electrons. The van der Waals surface area contributed by atoms with Crippen molar-refractivity contribution in [3.05, 3.63) is 198 Å². The van der Waals surface area contributed by atoms with Gasteiger partial charge in [-0.15, -0.1) is 0 Å². The van der Waals surface area contributed by atoms with Crippen LogP contribution in [0.15, 0.2) is 152 Å². The van der Waals surface area contributed by atoms with Crippen LogP contribution in [-0.4, -0.2) is 39.6 Å². The number of hydrogen-bond acceptors (Lipinski definition) is 10. The van der Waals surface area contributed by atoms with Gasteiger partial charge in [0.05, 0.1) is 39.5 Å². The summed E-state index contributed by atoms with van der Waals surface area (Å²) in [4.78, 5) is 34.0. The van der Waals surface area contributed by atoms with Crippen molar-refractivity contribution < 1.29 is 35.1 Å². The molecule has 0 saturated carbocycles. The lowest BCUT2D eigenvalue weighted by Gasteiger charge is -2.21. The van der Waals surface area contributed by atoms with Gasteiger partial charge in [-0.25, -0.2) is 69.7 Å². The van der Waals surface area contributed by atoms with Gasteiger partial charge in [0.15, 0.2) is 57.9 Å². The van der Waals surface area contributed by atoms with Gasteiger partial charge in [-0.3, -0.25) is 5.43 Å². The van der Waals surface area contributed by atoms with E-state index in [-0.39, 0.29) is 73.8 Å². The molecule has 12 nitrogen and oxygen atoms in total. The van der Waals surface area contributed by atoms with Crippen molar-refractivity contribution in [2.75, 3.05) is 21.4 Å². The number of fused-ring (bicyclic) bond motifs is 20. The van der Waals surface area contributed by atoms with Crippen LogP contribution in [0.4, 0.5) is 74.9 Å². The molecule has 0 fully saturated rings. The zero-order valence-electron chi connectivity index (χ0n) is 38.6. The minimum absolute atomic E-state index is 0.00618. The van der Waals surface area contributed by atoms with Gasteiger partial charge in [0.1, 0.15) is 34.6 Å². The summed E-state index contributed by atoms with van der Waals surface area (Å²) in [5.41, 5.74) is 5.56. The molecule has 76 heavy (non-hydrogen) atoms. The molecule has 8 bridgehead atoms. The van der Waals surface area contributed by atoms with Crippen LogP contribution in [0.3, 0.4) is 0 Å². The molecule has 20 heteroatoms. The van der Waals surface area contributed by atoms with Gasteiger partial charge in [0.2, 0.25) is 0 Å². The summed E-state index contributed by atoms with van der Waals surface area (Å²) in [7, 11) is 0. The van der Waals surface area contributed by atoms with E-state index in [1.807, 2.05) is 42.5 Å². The van der Waals surface area contributed by atoms with Crippen LogP contribution >= 0.6 is 0 Å². The molecule has 0 unspecified atom stereocenters. The average Bonchev–Trinajstić information content (AvgIpc) is 4.18. The molecule has 0 aliphatic carbocycles. The minimum Gasteiger partial charge on any atom is -0.353 e. The maximum atomic E-state index is 15.8. The fourth-order valence-corrected chi connectivity index (χ4v) is 9.23. The lowest BCUT2D eigenvalue weighted by molar-refractivity contribution is 0.411. The quantitative estimate of drug-likeness (QED) is 0.0566. The van der Waals surface area contributed by atoms with E-state index in [1.54, 1.807) is 47.1 Å². The zero-order chi connectivity index (χ0) is 51.9. The number of aromatic amines is 1. The lowest BCUT2D eigenvalue weighted by atomic mass is 10.1. The number of aromatic nitrogens is 8. The summed E-state index contributed by atoms with van der Waals surface area (Å²) >= 11 is 0. The first-order valence-corrected chi connectivity index (χ1v) is 23.1. The van der Waals surface area contributed by atoms with Crippen molar-refractivity contribution in [2.24, 2.45) is 0 Å². The predicted octanol–water partition coefficient (Wildman–Crippen LogP) is 14.6. The molecular formula is C56H30F8N12. The lowest BCUT2D eigenvalue weighted by Crippen LogP contribution is -2.10. The number of anilines is 7. The number of hydrogen-bond donors (Lipinski definition) is 5. The maximum Gasteiger partial charge on any atom is 0.199 e. The Morgan fingerprint density at radius 3 is 1.47 bits per heavy atom. The SMILES string of the molecule is Fc1ccc(Nc2c(Nc3ccc(F)cc3F)c(Nc3cc(F)c(F)c(F)c3F)cc3c4nc5nc(nc6c7ccccc7c(nc7nc(nc([nH]4)c23)-c2ccccc2-7)n6Nc2ccc(F)cc2)-c2ccccc2-5)cc1. The molecule has 0 spiro atoms. The Balaban J connectivity index is 1.20. The summed E-state index contributed by atoms with van der Waals surface area (Å²) in [6.07, 6.45) is 0. The van der Waals surface area contributed by atoms with Crippen LogP contribution in [0.25, 0.3) is 89.7 Å². The first-order chi connectivity index (χ1) is 36.9. The van der Waals surface area contributed by atoms with Gasteiger partial charge in [0.25, 0.3) is 0 Å². The Hall–Kier alpha value is -10.2. The Labute approximate surface area is 422 Å². The van der Waals surface area contributed by atoms with Gasteiger partial charge in [-0.1, -0.05) is 72.8 Å². The second kappa shape index (κ2) is 17.8. The van der Waals surface area contributed by atoms with E-state index in [0.29, 0.717) is 62.1 Å². The van der Waals surface area contributed by atoms with Crippen molar-refractivity contribution in [1.29, 1.82) is 0 Å². The van der Waals surface area contributed by atoms with E-state index >= 15 is 8.78 Å². The van der Waals surface area contributed by atoms with E-state index in [0.717, 1.165) is 12.1 Å². The molecule has 8 aromatic carbocycles. The number of H-pyrrole nitrogens is 1. The smallest absolute Gasteiger partial charge is 0.199 e. The van der Waals surface area contributed by atoms with Crippen LogP contribution in [0.1, 0.15) is 0 Å². The first kappa shape index (κ1) is 45.6. The van der Waals surface area contributed by atoms with Crippen LogP contribution in [0, 0.1) is 46.5 Å². The van der Waals surface area contributed by atoms with Crippen molar-refractivity contribution >= 4 is 83.9 Å². The molecular weight excluding hydrogens is 993 g/mol. The van der Waals surface area contributed by atoms with Crippen LogP contribution < -0.4 is 21.4 Å². The number of nitrogens with one attached hydrogen (secondary N) is 5. The molecule has 0 atom stereocenters. The highest BCUT2D eigenvalue weighted by molar-refractivity contribution is 6.19. The first-order valence-electron chi connectivity index (χ1n) is 23.1. The molecule has 2 aliphatic heterocycles. The number of nitrogens with zero attached hydrogens (tertiary/aromatic N) is 7. The highest BCUT2D eigenvalue weighted by atomic mass is 19.2. The van der Waals surface area contributed by atoms with E-state index < -0.39 is 52.2 Å². The largest absolute Gasteiger partial charge is 0.353 e. The number of halogens is 8. The summed E-state index contributed by atoms with van der Waals surface area (Å²) in [6.45, 7) is 0. The number of benzene rings is 8. The van der Waals surface area contributed by atoms with Crippen LogP contribution in [0.5, 0.6) is 0 Å². The molecule has 11 aromatic rings. The van der Waals surface area contributed by atoms with Gasteiger partial charge < -0.3 is 20.9 Å². The molecule has 370 valence electrons. The van der Waals surface area contributed by atoms with Gasteiger partial charge >= 0.3 is 0 Å². The van der Waals surface area contributed by atoms with Crippen molar-refractivity contribution in [3.63, 3.8) is 0 Å². The molecule has 5 N–H and O–H groups in total. The standard InChI is InChI=1S/C56H30F8N12/c57-26-13-18-29(19-14-26)65-48-43-37(24-42(47(48)67-40-22-17-28(59)23-38(40)60)66-41-25-39(61)44(62)46(64)45(41)63)53-70-49-31-7-1-3-9-33(31)51(68-49)73-55-35-11-5-6-12-36(35)56(76(55)75-30-20-15-27(58)16-21-30)74-52-34-10-4-2-8-32(34)50(69-52)71-54(43)72-53/h1-25,65-67,75H,(H,68,69,70,71,72,73,74). The summed E-state index contributed by atoms with van der Waals surface area (Å²) in [6, 6.07) is 37.2. The second-order valence-corrected chi connectivity index (χ2v) is 17.5. The Morgan fingerprint density at radius 1 is 0.368 bits per heavy atom. The summed E-state index contributed by atoms with van der Waals surface area (Å²) in [5.74, 6) is -9.99. The van der Waals surface area contributed by atoms with E-state index in [1.165, 1.54) is 42.5 Å². The fraction of sp³-hybridized carbons (Fsp3) is 0. The third kappa shape index (κ3) is 7.77. The third-order valence-corrected chi connectivity index (χ3v) is 12.8. The Kier molecular flexibility index (Phi) is 10.7. The van der Waals surface area contributed by atoms with Crippen molar-refractivity contribution in [3.8, 4) is 45.6 Å². The van der Waals surface area contributed by atoms with Crippen molar-refractivity contribution in [1.82, 2.24) is 39.6 Å². The minimum atomic E-state index is -2.12. The third-order valence-electron chi connectivity index (χ3n) is 12.8. The molecule has 13 rings (SSSR count). The second-order valence-electron chi connectivity index (χ2n) is 17.5. The van der Waals surface area contributed by atoms with Gasteiger partial charge in [-0.05, 0) is 66.7 Å². The molecule has 0 saturated heterocycles. The summed E-state index contributed by atoms with van der Waals surface area (Å²) in [5, 5.41) is 10.5. The van der Waals surface area contributed by atoms with Crippen LogP contribution in [0.2, 0.25) is 0 Å². The fourth-order valence-electron chi connectivity index (χ4n) is 9.23. The average molecular weight is 1020 g/mol. The Morgan fingerprint density at radius 2 is 0.895 bits per heavy atom. The van der Waals surface area contributed by atoms with Crippen molar-refractivity contribution in [2.45, 2.75) is 0 Å². The van der Waals surface area contributed by atoms with E-state index in [9.17, 15) is 26.3 Å². The van der Waals surface area contributed by atoms with Crippen LogP contribution in [-0.2, 0) is 0 Å². The van der Waals surface area contributed by atoms with Gasteiger partial charge in [0, 0.05) is 56.2 Å². The molecule has 0 amide bonds. The highest BCUT2D eigenvalue weighted by Crippen LogP contribution is 2.47. The monoisotopic (exact) mass is 1020 g/mol. The Bertz CT molecular complexity index is 4410. The van der Waals surface area contributed by atoms with Gasteiger partial charge in [-0.2, -0.15) is 0 Å². The predicted molar refractivity (Wildman–Crippen MR) is 274 cm³/mol. The zero-order valence-corrected chi connectivity index (χ0v) is 38.6. The molecule has 2 aliphatic rings. The topological polar surface area (TPSA) is 146 Å². The maximum absolute atomic E-state index is 15.8. The summed E-state index contributed by atoms with van der Waals surface area (Å²) < 4.78 is 121. The molecule has 3 aromatic heterocycles. The van der Waals surface area contributed by atoms with E-state index in [2.05, 4.69) is 26.4 Å². The highest BCUT2D eigenvalue weighted by Gasteiger charge is 2.28. The number of rotatable bonds is 8.